The average Bonchev–Trinajstić information content (AvgIpc) is 3.46. The zero-order valence-corrected chi connectivity index (χ0v) is 20.0. The predicted octanol–water partition coefficient (Wildman–Crippen LogP) is 5.10. The van der Waals surface area contributed by atoms with E-state index in [4.69, 9.17) is 16.3 Å². The van der Waals surface area contributed by atoms with Gasteiger partial charge in [-0.3, -0.25) is 9.48 Å². The lowest BCUT2D eigenvalue weighted by Gasteiger charge is -2.23. The average molecular weight is 511 g/mol. The predicted molar refractivity (Wildman–Crippen MR) is 128 cm³/mol. The van der Waals surface area contributed by atoms with Gasteiger partial charge in [-0.2, -0.15) is 5.10 Å². The quantitative estimate of drug-likeness (QED) is 0.335. The van der Waals surface area contributed by atoms with Crippen LogP contribution in [0.4, 0.5) is 14.5 Å². The number of carbonyl (C=O) groups excluding carboxylic acids is 1. The van der Waals surface area contributed by atoms with Crippen molar-refractivity contribution in [3.8, 4) is 0 Å². The normalized spacial score (nSPS) is 15.0. The van der Waals surface area contributed by atoms with E-state index < -0.39 is 18.0 Å². The van der Waals surface area contributed by atoms with Crippen molar-refractivity contribution in [2.45, 2.75) is 44.9 Å². The molecule has 0 bridgehead atoms. The third-order valence-corrected chi connectivity index (χ3v) is 6.81. The Kier molecular flexibility index (Phi) is 5.65. The number of rotatable bonds is 6. The van der Waals surface area contributed by atoms with Crippen LogP contribution < -0.4 is 4.90 Å². The van der Waals surface area contributed by atoms with E-state index in [1.54, 1.807) is 0 Å². The van der Waals surface area contributed by atoms with Crippen LogP contribution >= 0.6 is 11.6 Å². The van der Waals surface area contributed by atoms with Crippen LogP contribution in [0.5, 0.6) is 0 Å². The molecular weight excluding hydrogens is 490 g/mol. The Morgan fingerprint density at radius 1 is 1.22 bits per heavy atom. The molecule has 3 aromatic heterocycles. The summed E-state index contributed by atoms with van der Waals surface area (Å²) < 4.78 is 34.5. The number of amides is 1. The Balaban J connectivity index is 1.40. The van der Waals surface area contributed by atoms with E-state index >= 15 is 0 Å². The van der Waals surface area contributed by atoms with Crippen molar-refractivity contribution in [3.63, 3.8) is 0 Å². The zero-order valence-electron chi connectivity index (χ0n) is 19.3. The fraction of sp³-hybridized carbons (Fsp3) is 0.320. The van der Waals surface area contributed by atoms with Gasteiger partial charge in [-0.1, -0.05) is 23.7 Å². The van der Waals surface area contributed by atoms with E-state index in [1.807, 2.05) is 18.2 Å². The number of fused-ring (bicyclic) bond motifs is 3. The number of carbonyl (C=O) groups is 1. The minimum atomic E-state index is -2.86. The van der Waals surface area contributed by atoms with Crippen molar-refractivity contribution in [1.29, 1.82) is 0 Å². The Hall–Kier alpha value is -3.50. The molecule has 1 aliphatic heterocycles. The fourth-order valence-electron chi connectivity index (χ4n) is 4.51. The second-order valence-corrected chi connectivity index (χ2v) is 9.43. The number of alkyl halides is 2. The Morgan fingerprint density at radius 3 is 2.69 bits per heavy atom. The third kappa shape index (κ3) is 4.10. The van der Waals surface area contributed by atoms with Gasteiger partial charge in [-0.05, 0) is 30.0 Å². The Labute approximate surface area is 209 Å². The number of anilines is 1. The first-order valence-corrected chi connectivity index (χ1v) is 11.9. The number of nitrogens with zero attached hydrogens (tertiary/aromatic N) is 6. The molecule has 1 saturated carbocycles. The van der Waals surface area contributed by atoms with Gasteiger partial charge in [0.05, 0.1) is 36.5 Å². The van der Waals surface area contributed by atoms with Crippen molar-refractivity contribution in [3.05, 3.63) is 75.7 Å². The van der Waals surface area contributed by atoms with E-state index in [-0.39, 0.29) is 17.8 Å². The van der Waals surface area contributed by atoms with Crippen molar-refractivity contribution < 1.29 is 18.3 Å². The van der Waals surface area contributed by atoms with Crippen molar-refractivity contribution in [1.82, 2.24) is 24.7 Å². The fourth-order valence-corrected chi connectivity index (χ4v) is 4.77. The molecule has 4 heterocycles. The van der Waals surface area contributed by atoms with Crippen LogP contribution in [0.15, 0.2) is 36.8 Å². The number of hydrogen-bond acceptors (Lipinski definition) is 6. The summed E-state index contributed by atoms with van der Waals surface area (Å²) in [5.74, 6) is 0.528. The molecule has 0 atom stereocenters. The van der Waals surface area contributed by atoms with Crippen molar-refractivity contribution in [2.75, 3.05) is 4.90 Å². The van der Waals surface area contributed by atoms with Crippen molar-refractivity contribution >= 4 is 34.1 Å². The minimum Gasteiger partial charge on any atom is -0.372 e. The number of aryl methyl sites for hydroxylation is 1. The van der Waals surface area contributed by atoms with Gasteiger partial charge in [0.25, 0.3) is 12.3 Å². The van der Waals surface area contributed by atoms with Gasteiger partial charge in [0.2, 0.25) is 0 Å². The summed E-state index contributed by atoms with van der Waals surface area (Å²) in [7, 11) is 1.54. The molecule has 36 heavy (non-hydrogen) atoms. The van der Waals surface area contributed by atoms with Crippen LogP contribution in [0.3, 0.4) is 0 Å². The van der Waals surface area contributed by atoms with E-state index in [1.165, 1.54) is 35.2 Å². The van der Waals surface area contributed by atoms with Crippen LogP contribution in [0.2, 0.25) is 5.15 Å². The largest absolute Gasteiger partial charge is 0.372 e. The zero-order chi connectivity index (χ0) is 25.0. The molecule has 0 spiro atoms. The van der Waals surface area contributed by atoms with E-state index in [9.17, 15) is 13.6 Å². The molecule has 1 fully saturated rings. The summed E-state index contributed by atoms with van der Waals surface area (Å²) in [5, 5.41) is 5.18. The topological polar surface area (TPSA) is 86.0 Å². The van der Waals surface area contributed by atoms with Crippen molar-refractivity contribution in [2.24, 2.45) is 7.05 Å². The van der Waals surface area contributed by atoms with Gasteiger partial charge >= 0.3 is 0 Å². The first-order chi connectivity index (χ1) is 17.4. The third-order valence-electron chi connectivity index (χ3n) is 6.49. The summed E-state index contributed by atoms with van der Waals surface area (Å²) in [4.78, 5) is 28.0. The molecule has 0 saturated heterocycles. The first-order valence-electron chi connectivity index (χ1n) is 11.5. The highest BCUT2D eigenvalue weighted by Gasteiger charge is 2.30. The molecule has 8 nitrogen and oxygen atoms in total. The van der Waals surface area contributed by atoms with E-state index in [0.29, 0.717) is 41.2 Å². The lowest BCUT2D eigenvalue weighted by molar-refractivity contribution is 0.0982. The molecule has 184 valence electrons. The highest BCUT2D eigenvalue weighted by molar-refractivity contribution is 6.30. The molecule has 11 heteroatoms. The van der Waals surface area contributed by atoms with Crippen LogP contribution in [-0.4, -0.2) is 30.6 Å². The van der Waals surface area contributed by atoms with Crippen LogP contribution in [0.25, 0.3) is 10.9 Å². The van der Waals surface area contributed by atoms with Crippen LogP contribution in [0.1, 0.15) is 63.8 Å². The molecule has 1 aliphatic carbocycles. The van der Waals surface area contributed by atoms with E-state index in [2.05, 4.69) is 20.1 Å². The van der Waals surface area contributed by atoms with Gasteiger partial charge in [0, 0.05) is 42.5 Å². The van der Waals surface area contributed by atoms with E-state index in [0.717, 1.165) is 29.4 Å². The first kappa shape index (κ1) is 22.9. The number of aromatic nitrogens is 5. The smallest absolute Gasteiger partial charge is 0.284 e. The highest BCUT2D eigenvalue weighted by atomic mass is 35.5. The van der Waals surface area contributed by atoms with Crippen LogP contribution in [-0.2, 0) is 31.5 Å². The molecule has 0 unspecified atom stereocenters. The molecular formula is C25H21ClF2N6O2. The number of ether oxygens (including phenoxy) is 1. The maximum atomic E-state index is 13.9. The number of benzene rings is 1. The molecule has 1 amide bonds. The molecule has 4 aromatic rings. The number of halogens is 3. The summed E-state index contributed by atoms with van der Waals surface area (Å²) in [6.07, 6.45) is 3.53. The lowest BCUT2D eigenvalue weighted by Crippen LogP contribution is -2.31. The number of pyridine rings is 1. The summed E-state index contributed by atoms with van der Waals surface area (Å²) in [6.45, 7) is 0.875. The van der Waals surface area contributed by atoms with Gasteiger partial charge in [-0.25, -0.2) is 23.7 Å². The van der Waals surface area contributed by atoms with Gasteiger partial charge < -0.3 is 9.64 Å². The molecule has 6 rings (SSSR count). The second-order valence-electron chi connectivity index (χ2n) is 9.07. The number of hydrogen-bond donors (Lipinski definition) is 0. The summed E-state index contributed by atoms with van der Waals surface area (Å²) in [5.41, 5.74) is 2.96. The minimum absolute atomic E-state index is 0.0114. The van der Waals surface area contributed by atoms with Crippen LogP contribution in [0, 0.1) is 0 Å². The SMILES string of the molecule is Cn1cc(N(Cc2ccc3c4c(c(Cl)nc3c2)COC4)C(=O)c2cnc(C3CC3)nc2)c(C(F)F)n1. The van der Waals surface area contributed by atoms with Gasteiger partial charge in [0.1, 0.15) is 11.0 Å². The lowest BCUT2D eigenvalue weighted by atomic mass is 10.0. The summed E-state index contributed by atoms with van der Waals surface area (Å²) in [6, 6.07) is 5.56. The maximum Gasteiger partial charge on any atom is 0.284 e. The summed E-state index contributed by atoms with van der Waals surface area (Å²) >= 11 is 6.37. The monoisotopic (exact) mass is 510 g/mol. The maximum absolute atomic E-state index is 13.9. The van der Waals surface area contributed by atoms with Gasteiger partial charge in [0.15, 0.2) is 5.69 Å². The second kappa shape index (κ2) is 8.86. The van der Waals surface area contributed by atoms with Gasteiger partial charge in [-0.15, -0.1) is 0 Å². The molecule has 0 radical (unpaired) electrons. The standard InChI is InChI=1S/C25H21ClF2N6O2/c1-33-10-20(21(32-33)23(27)28)34(25(35)15-7-29-24(30-8-15)14-3-4-14)9-13-2-5-16-17-11-36-12-18(17)22(26)31-19(16)6-13/h2,5-8,10,14,23H,3-4,9,11-12H2,1H3. The molecule has 2 aliphatic rings. The molecule has 0 N–H and O–H groups in total. The highest BCUT2D eigenvalue weighted by Crippen LogP contribution is 2.38. The molecule has 1 aromatic carbocycles. The Morgan fingerprint density at radius 2 is 1.97 bits per heavy atom. The Bertz CT molecular complexity index is 1490.